The van der Waals surface area contributed by atoms with Crippen LogP contribution in [0, 0.1) is 0 Å². The van der Waals surface area contributed by atoms with Gasteiger partial charge in [0.05, 0.1) is 19.2 Å². The lowest BCUT2D eigenvalue weighted by molar-refractivity contribution is 0.349. The van der Waals surface area contributed by atoms with Crippen molar-refractivity contribution in [2.75, 3.05) is 14.2 Å². The number of ether oxygens (including phenoxy) is 2. The van der Waals surface area contributed by atoms with Gasteiger partial charge in [-0.25, -0.2) is 0 Å². The van der Waals surface area contributed by atoms with Gasteiger partial charge in [-0.1, -0.05) is 25.4 Å². The third-order valence-electron chi connectivity index (χ3n) is 2.95. The Balaban J connectivity index is 3.50. The number of hydrogen-bond donors (Lipinski definition) is 1. The van der Waals surface area contributed by atoms with Gasteiger partial charge in [0.2, 0.25) is 0 Å². The first-order valence-corrected chi connectivity index (χ1v) is 6.81. The van der Waals surface area contributed by atoms with Gasteiger partial charge < -0.3 is 15.2 Å². The molecule has 3 nitrogen and oxygen atoms in total. The Bertz CT molecular complexity index is 450. The topological polar surface area (TPSA) is 44.5 Å². The maximum atomic E-state index is 6.27. The monoisotopic (exact) mass is 285 g/mol. The smallest absolute Gasteiger partial charge is 0.179 e. The SMILES string of the molecule is COc1c(Cl)cc(CC(C)(C)N)c(C(C)C)c1OC. The molecule has 0 unspecified atom stereocenters. The molecule has 0 amide bonds. The van der Waals surface area contributed by atoms with E-state index >= 15 is 0 Å². The highest BCUT2D eigenvalue weighted by Crippen LogP contribution is 2.43. The lowest BCUT2D eigenvalue weighted by atomic mass is 9.88. The minimum absolute atomic E-state index is 0.299. The maximum Gasteiger partial charge on any atom is 0.179 e. The van der Waals surface area contributed by atoms with Crippen LogP contribution in [0.3, 0.4) is 0 Å². The number of rotatable bonds is 5. The summed E-state index contributed by atoms with van der Waals surface area (Å²) in [6.07, 6.45) is 0.737. The molecular weight excluding hydrogens is 262 g/mol. The number of nitrogens with two attached hydrogens (primary N) is 1. The quantitative estimate of drug-likeness (QED) is 0.896. The summed E-state index contributed by atoms with van der Waals surface area (Å²) < 4.78 is 10.9. The van der Waals surface area contributed by atoms with Crippen LogP contribution in [-0.2, 0) is 6.42 Å². The van der Waals surface area contributed by atoms with E-state index in [9.17, 15) is 0 Å². The molecule has 0 saturated carbocycles. The molecule has 0 heterocycles. The summed E-state index contributed by atoms with van der Waals surface area (Å²) in [4.78, 5) is 0. The van der Waals surface area contributed by atoms with E-state index in [0.29, 0.717) is 22.4 Å². The van der Waals surface area contributed by atoms with Crippen LogP contribution >= 0.6 is 11.6 Å². The van der Waals surface area contributed by atoms with Crippen molar-refractivity contribution in [3.63, 3.8) is 0 Å². The molecular formula is C15H24ClNO2. The van der Waals surface area contributed by atoms with E-state index < -0.39 is 0 Å². The van der Waals surface area contributed by atoms with Crippen LogP contribution in [0.25, 0.3) is 0 Å². The van der Waals surface area contributed by atoms with Crippen LogP contribution in [-0.4, -0.2) is 19.8 Å². The Hall–Kier alpha value is -0.930. The van der Waals surface area contributed by atoms with Gasteiger partial charge in [0.1, 0.15) is 0 Å². The molecule has 0 spiro atoms. The van der Waals surface area contributed by atoms with Crippen LogP contribution in [0.1, 0.15) is 44.7 Å². The highest BCUT2D eigenvalue weighted by atomic mass is 35.5. The zero-order chi connectivity index (χ0) is 14.8. The molecule has 1 rings (SSSR count). The van der Waals surface area contributed by atoms with Gasteiger partial charge in [0, 0.05) is 11.1 Å². The number of halogens is 1. The van der Waals surface area contributed by atoms with E-state index in [1.807, 2.05) is 19.9 Å². The summed E-state index contributed by atoms with van der Waals surface area (Å²) in [5.41, 5.74) is 8.06. The molecule has 0 aromatic heterocycles. The molecule has 0 saturated heterocycles. The van der Waals surface area contributed by atoms with Crippen molar-refractivity contribution >= 4 is 11.6 Å². The second-order valence-corrected chi connectivity index (χ2v) is 6.22. The highest BCUT2D eigenvalue weighted by molar-refractivity contribution is 6.32. The molecule has 0 bridgehead atoms. The summed E-state index contributed by atoms with van der Waals surface area (Å²) in [5, 5.41) is 0.558. The Morgan fingerprint density at radius 1 is 1.21 bits per heavy atom. The minimum Gasteiger partial charge on any atom is -0.492 e. The van der Waals surface area contributed by atoms with Crippen molar-refractivity contribution in [1.82, 2.24) is 0 Å². The minimum atomic E-state index is -0.299. The molecule has 0 atom stereocenters. The zero-order valence-electron chi connectivity index (χ0n) is 12.6. The Morgan fingerprint density at radius 3 is 2.11 bits per heavy atom. The summed E-state index contributed by atoms with van der Waals surface area (Å²) in [5.74, 6) is 1.61. The van der Waals surface area contributed by atoms with Crippen molar-refractivity contribution in [2.24, 2.45) is 5.73 Å². The molecule has 0 radical (unpaired) electrons. The Morgan fingerprint density at radius 2 is 1.74 bits per heavy atom. The lowest BCUT2D eigenvalue weighted by Crippen LogP contribution is -2.34. The normalized spacial score (nSPS) is 11.8. The van der Waals surface area contributed by atoms with E-state index in [0.717, 1.165) is 17.5 Å². The second-order valence-electron chi connectivity index (χ2n) is 5.82. The molecule has 108 valence electrons. The van der Waals surface area contributed by atoms with E-state index in [2.05, 4.69) is 13.8 Å². The summed E-state index contributed by atoms with van der Waals surface area (Å²) >= 11 is 6.27. The van der Waals surface area contributed by atoms with Gasteiger partial charge in [-0.2, -0.15) is 0 Å². The molecule has 4 heteroatoms. The maximum absolute atomic E-state index is 6.27. The second kappa shape index (κ2) is 6.02. The van der Waals surface area contributed by atoms with E-state index in [1.165, 1.54) is 0 Å². The van der Waals surface area contributed by atoms with E-state index in [1.54, 1.807) is 14.2 Å². The standard InChI is InChI=1S/C15H24ClNO2/c1-9(2)12-10(8-15(3,4)17)7-11(16)13(18-5)14(12)19-6/h7,9H,8,17H2,1-6H3. The molecule has 19 heavy (non-hydrogen) atoms. The Labute approximate surface area is 121 Å². The van der Waals surface area contributed by atoms with Gasteiger partial charge in [-0.3, -0.25) is 0 Å². The fraction of sp³-hybridized carbons (Fsp3) is 0.600. The van der Waals surface area contributed by atoms with Crippen molar-refractivity contribution in [3.8, 4) is 11.5 Å². The van der Waals surface area contributed by atoms with Crippen molar-refractivity contribution in [3.05, 3.63) is 22.2 Å². The first-order chi connectivity index (χ1) is 8.71. The average Bonchev–Trinajstić information content (AvgIpc) is 2.25. The highest BCUT2D eigenvalue weighted by Gasteiger charge is 2.24. The average molecular weight is 286 g/mol. The Kier molecular flexibility index (Phi) is 5.11. The van der Waals surface area contributed by atoms with Crippen LogP contribution in [0.15, 0.2) is 6.07 Å². The predicted octanol–water partition coefficient (Wildman–Crippen LogP) is 3.76. The predicted molar refractivity (Wildman–Crippen MR) is 80.6 cm³/mol. The number of methoxy groups -OCH3 is 2. The molecule has 0 fully saturated rings. The summed E-state index contributed by atoms with van der Waals surface area (Å²) in [7, 11) is 3.23. The molecule has 0 aliphatic carbocycles. The molecule has 0 aliphatic rings. The third-order valence-corrected chi connectivity index (χ3v) is 3.23. The van der Waals surface area contributed by atoms with Crippen LogP contribution in [0.2, 0.25) is 5.02 Å². The lowest BCUT2D eigenvalue weighted by Gasteiger charge is -2.25. The van der Waals surface area contributed by atoms with Gasteiger partial charge >= 0.3 is 0 Å². The van der Waals surface area contributed by atoms with Crippen molar-refractivity contribution in [2.45, 2.75) is 45.6 Å². The van der Waals surface area contributed by atoms with Gasteiger partial charge in [0.15, 0.2) is 11.5 Å². The van der Waals surface area contributed by atoms with Crippen LogP contribution < -0.4 is 15.2 Å². The fourth-order valence-electron chi connectivity index (χ4n) is 2.34. The molecule has 0 aliphatic heterocycles. The third kappa shape index (κ3) is 3.77. The van der Waals surface area contributed by atoms with Crippen LogP contribution in [0.4, 0.5) is 0 Å². The van der Waals surface area contributed by atoms with Gasteiger partial charge in [-0.15, -0.1) is 0 Å². The molecule has 1 aromatic carbocycles. The fourth-order valence-corrected chi connectivity index (χ4v) is 2.63. The summed E-state index contributed by atoms with van der Waals surface area (Å²) in [6.45, 7) is 8.25. The first kappa shape index (κ1) is 16.1. The largest absolute Gasteiger partial charge is 0.492 e. The molecule has 1 aromatic rings. The zero-order valence-corrected chi connectivity index (χ0v) is 13.4. The van der Waals surface area contributed by atoms with Gasteiger partial charge in [-0.05, 0) is 37.8 Å². The van der Waals surface area contributed by atoms with Crippen LogP contribution in [0.5, 0.6) is 11.5 Å². The summed E-state index contributed by atoms with van der Waals surface area (Å²) in [6, 6.07) is 1.94. The van der Waals surface area contributed by atoms with E-state index in [4.69, 9.17) is 26.8 Å². The molecule has 2 N–H and O–H groups in total. The van der Waals surface area contributed by atoms with E-state index in [-0.39, 0.29) is 5.54 Å². The van der Waals surface area contributed by atoms with Crippen molar-refractivity contribution in [1.29, 1.82) is 0 Å². The van der Waals surface area contributed by atoms with Gasteiger partial charge in [0.25, 0.3) is 0 Å². The number of benzene rings is 1. The van der Waals surface area contributed by atoms with Crippen molar-refractivity contribution < 1.29 is 9.47 Å². The number of hydrogen-bond acceptors (Lipinski definition) is 3. The first-order valence-electron chi connectivity index (χ1n) is 6.43.